The average Bonchev–Trinajstić information content (AvgIpc) is 0. The van der Waals surface area contributed by atoms with Gasteiger partial charge in [0.1, 0.15) is 0 Å². The summed E-state index contributed by atoms with van der Waals surface area (Å²) in [6, 6.07) is 0. The molecule has 0 aliphatic heterocycles. The van der Waals surface area contributed by atoms with Crippen molar-refractivity contribution in [1.82, 2.24) is 0 Å². The van der Waals surface area contributed by atoms with E-state index in [-0.39, 0.29) is 90.5 Å². The molecule has 0 aromatic heterocycles. The van der Waals surface area contributed by atoms with Crippen molar-refractivity contribution in [1.29, 1.82) is 0 Å². The Balaban J connectivity index is 0. The Morgan fingerprint density at radius 3 is 0.500 bits per heavy atom. The zero-order valence-electron chi connectivity index (χ0n) is 1.80. The summed E-state index contributed by atoms with van der Waals surface area (Å²) in [4.78, 5) is 0. The van der Waals surface area contributed by atoms with Gasteiger partial charge in [-0.3, -0.25) is 0 Å². The Labute approximate surface area is 89.3 Å². The summed E-state index contributed by atoms with van der Waals surface area (Å²) in [5, 5.41) is 0. The third-order valence-electron chi connectivity index (χ3n) is 0. The standard InChI is InChI=1S/Au.2In.3H2O.6H/h;;;3*1H2;;;;;;. The average molecular weight is 487 g/mol. The summed E-state index contributed by atoms with van der Waals surface area (Å²) >= 11 is 0. The van der Waals surface area contributed by atoms with Gasteiger partial charge in [-0.25, -0.2) is 0 Å². The Morgan fingerprint density at radius 1 is 0.500 bits per heavy atom. The molecule has 0 saturated carbocycles. The van der Waals surface area contributed by atoms with Crippen molar-refractivity contribution < 1.29 is 38.8 Å². The minimum atomic E-state index is 0. The molecule has 0 bridgehead atoms. The van der Waals surface area contributed by atoms with Gasteiger partial charge in [0, 0.05) is 22.4 Å². The van der Waals surface area contributed by atoms with Gasteiger partial charge >= 0.3 is 51.7 Å². The molecular formula is H12AuIn2O3. The topological polar surface area (TPSA) is 94.5 Å². The van der Waals surface area contributed by atoms with Crippen LogP contribution in [0.1, 0.15) is 0 Å². The number of hydrogen-bond acceptors (Lipinski definition) is 0. The fourth-order valence-electron chi connectivity index (χ4n) is 0. The molecule has 0 aromatic carbocycles. The van der Waals surface area contributed by atoms with E-state index in [1.54, 1.807) is 0 Å². The van der Waals surface area contributed by atoms with Crippen LogP contribution in [0.25, 0.3) is 0 Å². The van der Waals surface area contributed by atoms with Crippen molar-refractivity contribution in [3.8, 4) is 0 Å². The third-order valence-corrected chi connectivity index (χ3v) is 0. The quantitative estimate of drug-likeness (QED) is 0.307. The van der Waals surface area contributed by atoms with Gasteiger partial charge in [0.25, 0.3) is 0 Å². The molecule has 0 aliphatic carbocycles. The summed E-state index contributed by atoms with van der Waals surface area (Å²) in [7, 11) is 0. The fraction of sp³-hybridized carbons (Fsp3) is 0. The molecule has 6 N–H and O–H groups in total. The second kappa shape index (κ2) is 53.4. The van der Waals surface area contributed by atoms with Crippen LogP contribution in [0.5, 0.6) is 0 Å². The van der Waals surface area contributed by atoms with Gasteiger partial charge in [-0.15, -0.1) is 0 Å². The summed E-state index contributed by atoms with van der Waals surface area (Å²) in [6.07, 6.45) is 0. The first-order valence-electron chi connectivity index (χ1n) is 0. The van der Waals surface area contributed by atoms with Crippen LogP contribution in [0, 0.1) is 0 Å². The SMILES string of the molecule is O.O.O.[Au].[InH3].[InH3]. The number of rotatable bonds is 0. The normalized spacial score (nSPS) is 0. The van der Waals surface area contributed by atoms with E-state index in [1.807, 2.05) is 0 Å². The molecular weight excluding hydrogens is 475 g/mol. The molecule has 0 aliphatic rings. The van der Waals surface area contributed by atoms with Gasteiger partial charge in [0.05, 0.1) is 0 Å². The van der Waals surface area contributed by atoms with Crippen LogP contribution in [0.15, 0.2) is 0 Å². The Bertz CT molecular complexity index is 8.75. The zero-order chi connectivity index (χ0) is 0. The van der Waals surface area contributed by atoms with Crippen LogP contribution in [-0.4, -0.2) is 68.1 Å². The third kappa shape index (κ3) is 32.8. The van der Waals surface area contributed by atoms with Crippen molar-refractivity contribution in [2.24, 2.45) is 0 Å². The van der Waals surface area contributed by atoms with Gasteiger partial charge < -0.3 is 16.4 Å². The first kappa shape index (κ1) is 81.3. The molecule has 0 spiro atoms. The van der Waals surface area contributed by atoms with E-state index in [2.05, 4.69) is 0 Å². The summed E-state index contributed by atoms with van der Waals surface area (Å²) in [5.41, 5.74) is 0. The molecule has 0 rings (SSSR count). The van der Waals surface area contributed by atoms with Crippen molar-refractivity contribution >= 4 is 51.7 Å². The van der Waals surface area contributed by atoms with Gasteiger partial charge in [-0.05, 0) is 0 Å². The van der Waals surface area contributed by atoms with Crippen LogP contribution in [0.4, 0.5) is 0 Å². The molecule has 0 saturated heterocycles. The second-order valence-electron chi connectivity index (χ2n) is 0. The zero-order valence-corrected chi connectivity index (χ0v) is 3.97. The minimum absolute atomic E-state index is 0. The predicted molar refractivity (Wildman–Crippen MR) is 30.7 cm³/mol. The van der Waals surface area contributed by atoms with Gasteiger partial charge in [-0.2, -0.15) is 0 Å². The van der Waals surface area contributed by atoms with E-state index >= 15 is 0 Å². The Morgan fingerprint density at radius 2 is 0.500 bits per heavy atom. The number of hydrogen-bond donors (Lipinski definition) is 0. The summed E-state index contributed by atoms with van der Waals surface area (Å²) < 4.78 is 0. The van der Waals surface area contributed by atoms with Crippen molar-refractivity contribution in [3.05, 3.63) is 0 Å². The summed E-state index contributed by atoms with van der Waals surface area (Å²) in [5.74, 6) is 0. The van der Waals surface area contributed by atoms with Crippen LogP contribution in [-0.2, 0) is 22.4 Å². The van der Waals surface area contributed by atoms with Gasteiger partial charge in [-0.1, -0.05) is 0 Å². The molecule has 0 aromatic rings. The van der Waals surface area contributed by atoms with Crippen molar-refractivity contribution in [2.75, 3.05) is 0 Å². The fourth-order valence-corrected chi connectivity index (χ4v) is 0. The Kier molecular flexibility index (Phi) is 724. The molecule has 0 amide bonds. The van der Waals surface area contributed by atoms with Gasteiger partial charge in [0.15, 0.2) is 0 Å². The molecule has 47 valence electrons. The maximum atomic E-state index is 0. The van der Waals surface area contributed by atoms with Crippen LogP contribution in [0.2, 0.25) is 0 Å². The first-order chi connectivity index (χ1) is 0. The second-order valence-corrected chi connectivity index (χ2v) is 0. The van der Waals surface area contributed by atoms with E-state index < -0.39 is 0 Å². The van der Waals surface area contributed by atoms with Crippen molar-refractivity contribution in [2.45, 2.75) is 0 Å². The maximum absolute atomic E-state index is 0. The van der Waals surface area contributed by atoms with E-state index in [0.29, 0.717) is 0 Å². The molecule has 6 heteroatoms. The van der Waals surface area contributed by atoms with E-state index in [4.69, 9.17) is 0 Å². The van der Waals surface area contributed by atoms with E-state index in [0.717, 1.165) is 0 Å². The molecule has 0 heterocycles. The first-order valence-corrected chi connectivity index (χ1v) is 0. The molecule has 0 fully saturated rings. The van der Waals surface area contributed by atoms with E-state index in [1.165, 1.54) is 0 Å². The monoisotopic (exact) mass is 487 g/mol. The van der Waals surface area contributed by atoms with Crippen LogP contribution in [0.3, 0.4) is 0 Å². The van der Waals surface area contributed by atoms with Gasteiger partial charge in [0.2, 0.25) is 0 Å². The molecule has 6 heavy (non-hydrogen) atoms. The van der Waals surface area contributed by atoms with Crippen LogP contribution < -0.4 is 0 Å². The molecule has 0 unspecified atom stereocenters. The van der Waals surface area contributed by atoms with Crippen LogP contribution >= 0.6 is 0 Å². The predicted octanol–water partition coefficient (Wildman–Crippen LogP) is -4.84. The molecule has 0 atom stereocenters. The van der Waals surface area contributed by atoms with Crippen molar-refractivity contribution in [3.63, 3.8) is 0 Å². The summed E-state index contributed by atoms with van der Waals surface area (Å²) in [6.45, 7) is 0. The van der Waals surface area contributed by atoms with E-state index in [9.17, 15) is 0 Å². The Hall–Kier alpha value is 2.36. The molecule has 3 nitrogen and oxygen atoms in total. The molecule has 1 radical (unpaired) electrons.